The largest absolute Gasteiger partial charge is 0.496 e. The Morgan fingerprint density at radius 1 is 1.17 bits per heavy atom. The number of rotatable bonds is 3. The van der Waals surface area contributed by atoms with Gasteiger partial charge in [0.1, 0.15) is 23.0 Å². The van der Waals surface area contributed by atoms with E-state index in [1.54, 1.807) is 19.3 Å². The predicted octanol–water partition coefficient (Wildman–Crippen LogP) is 4.15. The Morgan fingerprint density at radius 3 is 2.71 bits per heavy atom. The monoisotopic (exact) mass is 317 g/mol. The molecule has 0 saturated heterocycles. The third-order valence-corrected chi connectivity index (χ3v) is 3.78. The van der Waals surface area contributed by atoms with Crippen LogP contribution < -0.4 is 10.4 Å². The summed E-state index contributed by atoms with van der Waals surface area (Å²) in [6.45, 7) is 1.95. The minimum Gasteiger partial charge on any atom is -0.496 e. The molecule has 1 heterocycles. The maximum absolute atomic E-state index is 12.1. The van der Waals surface area contributed by atoms with E-state index in [0.717, 1.165) is 22.3 Å². The molecular weight excluding hydrogens is 302 g/mol. The number of hydrogen-bond donors (Lipinski definition) is 0. The lowest BCUT2D eigenvalue weighted by Gasteiger charge is -2.06. The first-order valence-electron chi connectivity index (χ1n) is 7.42. The minimum atomic E-state index is -0.631. The van der Waals surface area contributed by atoms with Gasteiger partial charge in [0, 0.05) is 16.5 Å². The summed E-state index contributed by atoms with van der Waals surface area (Å²) < 4.78 is 10.6. The number of nitrogens with zero attached hydrogens (tertiary/aromatic N) is 1. The second-order valence-corrected chi connectivity index (χ2v) is 5.36. The van der Waals surface area contributed by atoms with E-state index in [2.05, 4.69) is 0 Å². The van der Waals surface area contributed by atoms with E-state index < -0.39 is 5.63 Å². The van der Waals surface area contributed by atoms with Crippen molar-refractivity contribution in [3.8, 4) is 11.8 Å². The van der Waals surface area contributed by atoms with E-state index in [1.807, 2.05) is 55.5 Å². The molecule has 118 valence electrons. The van der Waals surface area contributed by atoms with Crippen LogP contribution in [0.15, 0.2) is 51.7 Å². The SMILES string of the molecule is COc1ccccc1C=Cc1c(C#N)c(=O)oc2ccc(C)cc12. The third-order valence-electron chi connectivity index (χ3n) is 3.78. The Labute approximate surface area is 139 Å². The van der Waals surface area contributed by atoms with Gasteiger partial charge in [-0.25, -0.2) is 4.79 Å². The van der Waals surface area contributed by atoms with Crippen LogP contribution in [0.2, 0.25) is 0 Å². The molecule has 0 spiro atoms. The molecule has 0 unspecified atom stereocenters. The molecule has 2 aromatic carbocycles. The van der Waals surface area contributed by atoms with Crippen LogP contribution >= 0.6 is 0 Å². The summed E-state index contributed by atoms with van der Waals surface area (Å²) in [5.74, 6) is 0.718. The molecule has 4 nitrogen and oxygen atoms in total. The Bertz CT molecular complexity index is 1040. The van der Waals surface area contributed by atoms with Crippen LogP contribution in [-0.4, -0.2) is 7.11 Å². The van der Waals surface area contributed by atoms with Gasteiger partial charge in [0.25, 0.3) is 0 Å². The molecule has 0 atom stereocenters. The first kappa shape index (κ1) is 15.6. The van der Waals surface area contributed by atoms with Crippen molar-refractivity contribution in [1.82, 2.24) is 0 Å². The molecule has 3 aromatic rings. The van der Waals surface area contributed by atoms with Crippen molar-refractivity contribution < 1.29 is 9.15 Å². The number of nitriles is 1. The van der Waals surface area contributed by atoms with Crippen molar-refractivity contribution in [2.45, 2.75) is 6.92 Å². The second kappa shape index (κ2) is 6.43. The number of ether oxygens (including phenoxy) is 1. The number of hydrogen-bond acceptors (Lipinski definition) is 4. The van der Waals surface area contributed by atoms with Crippen LogP contribution in [0.25, 0.3) is 23.1 Å². The molecule has 24 heavy (non-hydrogen) atoms. The van der Waals surface area contributed by atoms with E-state index in [0.29, 0.717) is 11.1 Å². The Kier molecular flexibility index (Phi) is 4.17. The summed E-state index contributed by atoms with van der Waals surface area (Å²) in [7, 11) is 1.60. The second-order valence-electron chi connectivity index (χ2n) is 5.36. The summed E-state index contributed by atoms with van der Waals surface area (Å²) in [5.41, 5.74) is 2.26. The van der Waals surface area contributed by atoms with E-state index >= 15 is 0 Å². The lowest BCUT2D eigenvalue weighted by atomic mass is 10.0. The van der Waals surface area contributed by atoms with Gasteiger partial charge < -0.3 is 9.15 Å². The molecular formula is C20H15NO3. The summed E-state index contributed by atoms with van der Waals surface area (Å²) in [6.07, 6.45) is 3.59. The topological polar surface area (TPSA) is 63.2 Å². The molecule has 0 aliphatic heterocycles. The fraction of sp³-hybridized carbons (Fsp3) is 0.100. The Balaban J connectivity index is 2.25. The van der Waals surface area contributed by atoms with Gasteiger partial charge in [-0.2, -0.15) is 5.26 Å². The van der Waals surface area contributed by atoms with Gasteiger partial charge in [-0.05, 0) is 25.1 Å². The van der Waals surface area contributed by atoms with E-state index in [-0.39, 0.29) is 5.56 Å². The number of aryl methyl sites for hydroxylation is 1. The molecule has 4 heteroatoms. The maximum Gasteiger partial charge on any atom is 0.354 e. The fourth-order valence-corrected chi connectivity index (χ4v) is 2.60. The molecule has 0 aliphatic carbocycles. The number of para-hydroxylation sites is 1. The highest BCUT2D eigenvalue weighted by Gasteiger charge is 2.12. The molecule has 0 aliphatic rings. The van der Waals surface area contributed by atoms with Crippen LogP contribution in [0, 0.1) is 18.3 Å². The number of fused-ring (bicyclic) bond motifs is 1. The van der Waals surface area contributed by atoms with Crippen molar-refractivity contribution in [1.29, 1.82) is 5.26 Å². The van der Waals surface area contributed by atoms with Gasteiger partial charge in [0.15, 0.2) is 0 Å². The Hall–Kier alpha value is -3.32. The maximum atomic E-state index is 12.1. The fourth-order valence-electron chi connectivity index (χ4n) is 2.60. The summed E-state index contributed by atoms with van der Waals surface area (Å²) in [5, 5.41) is 10.1. The highest BCUT2D eigenvalue weighted by atomic mass is 16.5. The molecule has 0 bridgehead atoms. The summed E-state index contributed by atoms with van der Waals surface area (Å²) >= 11 is 0. The Morgan fingerprint density at radius 2 is 1.96 bits per heavy atom. The van der Waals surface area contributed by atoms with Gasteiger partial charge >= 0.3 is 5.63 Å². The van der Waals surface area contributed by atoms with Crippen LogP contribution in [0.4, 0.5) is 0 Å². The molecule has 0 saturated carbocycles. The van der Waals surface area contributed by atoms with Crippen molar-refractivity contribution in [2.75, 3.05) is 7.11 Å². The van der Waals surface area contributed by atoms with E-state index in [1.165, 1.54) is 0 Å². The van der Waals surface area contributed by atoms with Crippen molar-refractivity contribution >= 4 is 23.1 Å². The molecule has 3 rings (SSSR count). The standard InChI is InChI=1S/C20H15NO3/c1-13-7-10-19-16(11-13)15(17(12-21)20(22)24-19)9-8-14-5-3-4-6-18(14)23-2/h3-11H,1-2H3. The van der Waals surface area contributed by atoms with Crippen LogP contribution in [-0.2, 0) is 0 Å². The molecule has 0 amide bonds. The first-order chi connectivity index (χ1) is 11.6. The summed E-state index contributed by atoms with van der Waals surface area (Å²) in [4.78, 5) is 12.1. The van der Waals surface area contributed by atoms with E-state index in [9.17, 15) is 10.1 Å². The molecule has 0 radical (unpaired) electrons. The van der Waals surface area contributed by atoms with Gasteiger partial charge in [-0.3, -0.25) is 0 Å². The first-order valence-corrected chi connectivity index (χ1v) is 7.42. The average molecular weight is 317 g/mol. The minimum absolute atomic E-state index is 0.000696. The third kappa shape index (κ3) is 2.80. The highest BCUT2D eigenvalue weighted by molar-refractivity contribution is 5.92. The smallest absolute Gasteiger partial charge is 0.354 e. The quantitative estimate of drug-likeness (QED) is 0.681. The van der Waals surface area contributed by atoms with Crippen LogP contribution in [0.5, 0.6) is 5.75 Å². The lowest BCUT2D eigenvalue weighted by molar-refractivity contribution is 0.414. The van der Waals surface area contributed by atoms with Crippen molar-refractivity contribution in [2.24, 2.45) is 0 Å². The van der Waals surface area contributed by atoms with Crippen LogP contribution in [0.3, 0.4) is 0 Å². The summed E-state index contributed by atoms with van der Waals surface area (Å²) in [6, 6.07) is 15.0. The van der Waals surface area contributed by atoms with Gasteiger partial charge in [0.05, 0.1) is 7.11 Å². The van der Waals surface area contributed by atoms with Crippen molar-refractivity contribution in [3.05, 3.63) is 75.1 Å². The van der Waals surface area contributed by atoms with Gasteiger partial charge in [-0.15, -0.1) is 0 Å². The van der Waals surface area contributed by atoms with Crippen LogP contribution in [0.1, 0.15) is 22.3 Å². The number of methoxy groups -OCH3 is 1. The lowest BCUT2D eigenvalue weighted by Crippen LogP contribution is -2.06. The van der Waals surface area contributed by atoms with Gasteiger partial charge in [0.2, 0.25) is 0 Å². The van der Waals surface area contributed by atoms with E-state index in [4.69, 9.17) is 9.15 Å². The van der Waals surface area contributed by atoms with Gasteiger partial charge in [-0.1, -0.05) is 42.0 Å². The number of benzene rings is 2. The van der Waals surface area contributed by atoms with Crippen molar-refractivity contribution in [3.63, 3.8) is 0 Å². The zero-order chi connectivity index (χ0) is 17.1. The predicted molar refractivity (Wildman–Crippen MR) is 93.9 cm³/mol. The molecule has 0 N–H and O–H groups in total. The average Bonchev–Trinajstić information content (AvgIpc) is 2.60. The normalized spacial score (nSPS) is 10.9. The highest BCUT2D eigenvalue weighted by Crippen LogP contribution is 2.25. The zero-order valence-corrected chi connectivity index (χ0v) is 13.4. The molecule has 0 fully saturated rings. The zero-order valence-electron chi connectivity index (χ0n) is 13.4. The molecule has 1 aromatic heterocycles.